The van der Waals surface area contributed by atoms with E-state index in [9.17, 15) is 14.7 Å². The van der Waals surface area contributed by atoms with Crippen molar-refractivity contribution in [3.05, 3.63) is 47.5 Å². The molecule has 2 rings (SSSR count). The Balaban J connectivity index is 2.43. The molecule has 0 radical (unpaired) electrons. The van der Waals surface area contributed by atoms with Crippen molar-refractivity contribution in [2.24, 2.45) is 0 Å². The number of carboxylic acids is 1. The highest BCUT2D eigenvalue weighted by Crippen LogP contribution is 2.40. The van der Waals surface area contributed by atoms with Gasteiger partial charge in [-0.05, 0) is 30.3 Å². The molecule has 0 aliphatic rings. The number of rotatable bonds is 7. The highest BCUT2D eigenvalue weighted by molar-refractivity contribution is 6.01. The van der Waals surface area contributed by atoms with Crippen molar-refractivity contribution in [3.8, 4) is 17.2 Å². The first-order chi connectivity index (χ1) is 12.0. The topological polar surface area (TPSA) is 107 Å². The number of carbonyl (C=O) groups is 2. The number of nitrogens with one attached hydrogen (secondary N) is 1. The lowest BCUT2D eigenvalue weighted by molar-refractivity contribution is -0.132. The van der Waals surface area contributed by atoms with E-state index in [1.54, 1.807) is 12.1 Å². The van der Waals surface area contributed by atoms with Gasteiger partial charge >= 0.3 is 5.97 Å². The molecule has 8 nitrogen and oxygen atoms in total. The van der Waals surface area contributed by atoms with E-state index in [2.05, 4.69) is 5.32 Å². The first-order valence-corrected chi connectivity index (χ1v) is 7.10. The Morgan fingerprint density at radius 2 is 1.80 bits per heavy atom. The number of methoxy groups -OCH3 is 3. The molecule has 0 saturated heterocycles. The molecule has 2 aromatic rings. The van der Waals surface area contributed by atoms with Gasteiger partial charge in [-0.2, -0.15) is 0 Å². The number of carboxylic acid groups (broad SMARTS) is 1. The quantitative estimate of drug-likeness (QED) is 0.739. The third-order valence-electron chi connectivity index (χ3n) is 3.26. The smallest absolute Gasteiger partial charge is 0.352 e. The summed E-state index contributed by atoms with van der Waals surface area (Å²) in [4.78, 5) is 23.5. The molecule has 0 fully saturated rings. The summed E-state index contributed by atoms with van der Waals surface area (Å²) in [7, 11) is 4.32. The maximum absolute atomic E-state index is 12.0. The van der Waals surface area contributed by atoms with Crippen molar-refractivity contribution in [3.63, 3.8) is 0 Å². The van der Waals surface area contributed by atoms with Crippen LogP contribution in [0.4, 0.5) is 0 Å². The first-order valence-electron chi connectivity index (χ1n) is 7.10. The standard InChI is InChI=1S/C17H17NO7/c1-22-12-7-6-10(14(23-2)15(12)24-3)9-11(17(20)21)18-16(19)13-5-4-8-25-13/h4-9H,1-3H3,(H,18,19)(H,20,21)/b11-9-. The van der Waals surface area contributed by atoms with Crippen molar-refractivity contribution in [2.75, 3.05) is 21.3 Å². The van der Waals surface area contributed by atoms with Crippen LogP contribution < -0.4 is 19.5 Å². The number of ether oxygens (including phenoxy) is 3. The Hall–Kier alpha value is -3.42. The fourth-order valence-electron chi connectivity index (χ4n) is 2.14. The molecule has 0 atom stereocenters. The van der Waals surface area contributed by atoms with Gasteiger partial charge in [-0.25, -0.2) is 4.79 Å². The third kappa shape index (κ3) is 3.92. The first kappa shape index (κ1) is 17.9. The Kier molecular flexibility index (Phi) is 5.67. The highest BCUT2D eigenvalue weighted by Gasteiger charge is 2.19. The van der Waals surface area contributed by atoms with Gasteiger partial charge in [0, 0.05) is 5.56 Å². The van der Waals surface area contributed by atoms with E-state index in [1.807, 2.05) is 0 Å². The molecular weight excluding hydrogens is 330 g/mol. The minimum atomic E-state index is -1.32. The van der Waals surface area contributed by atoms with Gasteiger partial charge in [-0.3, -0.25) is 4.79 Å². The molecule has 1 amide bonds. The van der Waals surface area contributed by atoms with Crippen LogP contribution in [0.25, 0.3) is 6.08 Å². The average Bonchev–Trinajstić information content (AvgIpc) is 3.14. The second-order valence-corrected chi connectivity index (χ2v) is 4.72. The third-order valence-corrected chi connectivity index (χ3v) is 3.26. The van der Waals surface area contributed by atoms with Crippen LogP contribution in [0.15, 0.2) is 40.6 Å². The molecule has 1 heterocycles. The predicted molar refractivity (Wildman–Crippen MR) is 87.9 cm³/mol. The van der Waals surface area contributed by atoms with Gasteiger partial charge in [0.05, 0.1) is 27.6 Å². The molecule has 2 N–H and O–H groups in total. The Morgan fingerprint density at radius 3 is 2.32 bits per heavy atom. The van der Waals surface area contributed by atoms with E-state index in [0.29, 0.717) is 17.1 Å². The molecule has 8 heteroatoms. The monoisotopic (exact) mass is 347 g/mol. The second kappa shape index (κ2) is 7.91. The van der Waals surface area contributed by atoms with E-state index in [-0.39, 0.29) is 17.2 Å². The van der Waals surface area contributed by atoms with Crippen LogP contribution in [0.2, 0.25) is 0 Å². The fraction of sp³-hybridized carbons (Fsp3) is 0.176. The van der Waals surface area contributed by atoms with Gasteiger partial charge in [0.2, 0.25) is 5.75 Å². The van der Waals surface area contributed by atoms with Crippen molar-refractivity contribution in [1.82, 2.24) is 5.32 Å². The number of hydrogen-bond acceptors (Lipinski definition) is 6. The van der Waals surface area contributed by atoms with Crippen LogP contribution in [0.3, 0.4) is 0 Å². The number of benzene rings is 1. The van der Waals surface area contributed by atoms with Crippen LogP contribution in [-0.4, -0.2) is 38.3 Å². The Morgan fingerprint density at radius 1 is 1.08 bits per heavy atom. The predicted octanol–water partition coefficient (Wildman–Crippen LogP) is 2.16. The Labute approximate surface area is 143 Å². The number of amides is 1. The molecule has 0 saturated carbocycles. The largest absolute Gasteiger partial charge is 0.493 e. The zero-order chi connectivity index (χ0) is 18.4. The molecule has 0 aliphatic heterocycles. The number of aliphatic carboxylic acids is 1. The molecular formula is C17H17NO7. The van der Waals surface area contributed by atoms with Crippen molar-refractivity contribution in [2.45, 2.75) is 0 Å². The summed E-state index contributed by atoms with van der Waals surface area (Å²) in [5.74, 6) is -1.01. The van der Waals surface area contributed by atoms with E-state index in [1.165, 1.54) is 45.8 Å². The normalized spacial score (nSPS) is 10.9. The summed E-state index contributed by atoms with van der Waals surface area (Å²) in [5.41, 5.74) is 0.0317. The highest BCUT2D eigenvalue weighted by atomic mass is 16.5. The van der Waals surface area contributed by atoms with Crippen LogP contribution >= 0.6 is 0 Å². The van der Waals surface area contributed by atoms with Gasteiger partial charge < -0.3 is 29.1 Å². The SMILES string of the molecule is COc1ccc(/C=C(\NC(=O)c2ccco2)C(=O)O)c(OC)c1OC. The summed E-state index contributed by atoms with van der Waals surface area (Å²) < 4.78 is 20.7. The summed E-state index contributed by atoms with van der Waals surface area (Å²) in [5, 5.41) is 11.6. The van der Waals surface area contributed by atoms with Gasteiger partial charge in [0.15, 0.2) is 17.3 Å². The second-order valence-electron chi connectivity index (χ2n) is 4.72. The van der Waals surface area contributed by atoms with Gasteiger partial charge in [0.25, 0.3) is 5.91 Å². The molecule has 1 aromatic heterocycles. The Bertz CT molecular complexity index is 794. The van der Waals surface area contributed by atoms with E-state index in [0.717, 1.165) is 0 Å². The zero-order valence-corrected chi connectivity index (χ0v) is 13.9. The lowest BCUT2D eigenvalue weighted by Crippen LogP contribution is -2.26. The molecule has 25 heavy (non-hydrogen) atoms. The fourth-order valence-corrected chi connectivity index (χ4v) is 2.14. The van der Waals surface area contributed by atoms with Crippen molar-refractivity contribution < 1.29 is 33.3 Å². The van der Waals surface area contributed by atoms with Gasteiger partial charge in [0.1, 0.15) is 5.70 Å². The van der Waals surface area contributed by atoms with Gasteiger partial charge in [-0.1, -0.05) is 0 Å². The lowest BCUT2D eigenvalue weighted by atomic mass is 10.1. The molecule has 0 spiro atoms. The summed E-state index contributed by atoms with van der Waals surface area (Å²) in [6.45, 7) is 0. The number of furan rings is 1. The van der Waals surface area contributed by atoms with Gasteiger partial charge in [-0.15, -0.1) is 0 Å². The maximum Gasteiger partial charge on any atom is 0.352 e. The van der Waals surface area contributed by atoms with E-state index in [4.69, 9.17) is 18.6 Å². The van der Waals surface area contributed by atoms with Crippen LogP contribution in [0.1, 0.15) is 16.1 Å². The molecule has 1 aromatic carbocycles. The summed E-state index contributed by atoms with van der Waals surface area (Å²) >= 11 is 0. The minimum Gasteiger partial charge on any atom is -0.493 e. The van der Waals surface area contributed by atoms with Crippen molar-refractivity contribution in [1.29, 1.82) is 0 Å². The molecule has 0 unspecified atom stereocenters. The minimum absolute atomic E-state index is 0.00794. The van der Waals surface area contributed by atoms with Crippen molar-refractivity contribution >= 4 is 18.0 Å². The van der Waals surface area contributed by atoms with Crippen LogP contribution in [0, 0.1) is 0 Å². The lowest BCUT2D eigenvalue weighted by Gasteiger charge is -2.14. The van der Waals surface area contributed by atoms with E-state index < -0.39 is 11.9 Å². The maximum atomic E-state index is 12.0. The summed E-state index contributed by atoms with van der Waals surface area (Å²) in [6, 6.07) is 6.13. The molecule has 0 aliphatic carbocycles. The molecule has 132 valence electrons. The van der Waals surface area contributed by atoms with Crippen LogP contribution in [0.5, 0.6) is 17.2 Å². The average molecular weight is 347 g/mol. The number of hydrogen-bond donors (Lipinski definition) is 2. The van der Waals surface area contributed by atoms with E-state index >= 15 is 0 Å². The van der Waals surface area contributed by atoms with Crippen LogP contribution in [-0.2, 0) is 4.79 Å². The molecule has 0 bridgehead atoms. The summed E-state index contributed by atoms with van der Waals surface area (Å²) in [6.07, 6.45) is 2.57. The number of carbonyl (C=O) groups excluding carboxylic acids is 1. The zero-order valence-electron chi connectivity index (χ0n) is 13.9.